The van der Waals surface area contributed by atoms with Gasteiger partial charge in [-0.3, -0.25) is 0 Å². The average Bonchev–Trinajstić information content (AvgIpc) is 2.77. The lowest BCUT2D eigenvalue weighted by Crippen LogP contribution is -2.14. The van der Waals surface area contributed by atoms with Crippen LogP contribution in [-0.4, -0.2) is 0 Å². The van der Waals surface area contributed by atoms with Crippen LogP contribution in [0.25, 0.3) is 0 Å². The smallest absolute Gasteiger partial charge is 0.110 e. The van der Waals surface area contributed by atoms with Crippen molar-refractivity contribution in [2.75, 3.05) is 0 Å². The van der Waals surface area contributed by atoms with Crippen LogP contribution >= 0.6 is 63.7 Å². The molecule has 2 unspecified atom stereocenters. The van der Waals surface area contributed by atoms with E-state index in [2.05, 4.69) is 112 Å². The van der Waals surface area contributed by atoms with Crippen molar-refractivity contribution in [3.63, 3.8) is 0 Å². The number of halogens is 4. The number of hydrogen-bond acceptors (Lipinski definition) is 1. The lowest BCUT2D eigenvalue weighted by atomic mass is 9.98. The zero-order chi connectivity index (χ0) is 21.8. The van der Waals surface area contributed by atoms with E-state index in [4.69, 9.17) is 4.74 Å². The third kappa shape index (κ3) is 5.58. The Morgan fingerprint density at radius 2 is 0.871 bits per heavy atom. The van der Waals surface area contributed by atoms with Gasteiger partial charge in [0.15, 0.2) is 0 Å². The SMILES string of the molecule is Brc1ccc(C(OC(c2ccccc2)c2ccc(Br)cc2Br)c2ccccc2)c(Br)c1. The van der Waals surface area contributed by atoms with Gasteiger partial charge in [0, 0.05) is 17.9 Å². The molecule has 4 rings (SSSR count). The molecule has 4 aromatic rings. The van der Waals surface area contributed by atoms with Gasteiger partial charge in [-0.2, -0.15) is 0 Å². The van der Waals surface area contributed by atoms with E-state index in [9.17, 15) is 0 Å². The van der Waals surface area contributed by atoms with Crippen LogP contribution in [0.5, 0.6) is 0 Å². The summed E-state index contributed by atoms with van der Waals surface area (Å²) in [5.74, 6) is 0. The van der Waals surface area contributed by atoms with Crippen LogP contribution in [-0.2, 0) is 4.74 Å². The summed E-state index contributed by atoms with van der Waals surface area (Å²) in [6, 6.07) is 33.1. The lowest BCUT2D eigenvalue weighted by molar-refractivity contribution is 0.0301. The Morgan fingerprint density at radius 1 is 0.484 bits per heavy atom. The van der Waals surface area contributed by atoms with Crippen molar-refractivity contribution in [2.24, 2.45) is 0 Å². The van der Waals surface area contributed by atoms with Gasteiger partial charge in [-0.1, -0.05) is 137 Å². The maximum absolute atomic E-state index is 6.95. The van der Waals surface area contributed by atoms with Gasteiger partial charge in [-0.15, -0.1) is 0 Å². The Morgan fingerprint density at radius 3 is 1.23 bits per heavy atom. The molecule has 0 saturated heterocycles. The molecule has 0 N–H and O–H groups in total. The maximum atomic E-state index is 6.95. The summed E-state index contributed by atoms with van der Waals surface area (Å²) >= 11 is 14.6. The lowest BCUT2D eigenvalue weighted by Gasteiger charge is -2.28. The Hall–Kier alpha value is -1.24. The highest BCUT2D eigenvalue weighted by atomic mass is 79.9. The molecule has 0 radical (unpaired) electrons. The van der Waals surface area contributed by atoms with Gasteiger partial charge >= 0.3 is 0 Å². The molecule has 0 bridgehead atoms. The molecule has 0 saturated carbocycles. The first-order valence-corrected chi connectivity index (χ1v) is 12.9. The summed E-state index contributed by atoms with van der Waals surface area (Å²) in [5.41, 5.74) is 4.34. The monoisotopic (exact) mass is 662 g/mol. The Bertz CT molecular complexity index is 1070. The molecule has 31 heavy (non-hydrogen) atoms. The highest BCUT2D eigenvalue weighted by molar-refractivity contribution is 9.11. The molecule has 0 fully saturated rings. The molecular weight excluding hydrogens is 648 g/mol. The molecule has 0 amide bonds. The fourth-order valence-electron chi connectivity index (χ4n) is 3.48. The van der Waals surface area contributed by atoms with Gasteiger partial charge in [0.05, 0.1) is 0 Å². The van der Waals surface area contributed by atoms with Crippen LogP contribution in [0.15, 0.2) is 115 Å². The van der Waals surface area contributed by atoms with Crippen LogP contribution in [0.1, 0.15) is 34.5 Å². The molecule has 0 spiro atoms. The van der Waals surface area contributed by atoms with Crippen LogP contribution in [0, 0.1) is 0 Å². The largest absolute Gasteiger partial charge is 0.356 e. The normalized spacial score (nSPS) is 13.0. The van der Waals surface area contributed by atoms with E-state index in [-0.39, 0.29) is 12.2 Å². The van der Waals surface area contributed by atoms with Crippen LogP contribution < -0.4 is 0 Å². The third-order valence-electron chi connectivity index (χ3n) is 4.97. The topological polar surface area (TPSA) is 9.23 Å². The quantitative estimate of drug-likeness (QED) is 0.199. The van der Waals surface area contributed by atoms with Crippen molar-refractivity contribution in [3.8, 4) is 0 Å². The molecule has 4 aromatic carbocycles. The second-order valence-electron chi connectivity index (χ2n) is 7.05. The van der Waals surface area contributed by atoms with E-state index in [0.717, 1.165) is 40.1 Å². The minimum absolute atomic E-state index is 0.260. The van der Waals surface area contributed by atoms with Crippen LogP contribution in [0.2, 0.25) is 0 Å². The highest BCUT2D eigenvalue weighted by Gasteiger charge is 2.26. The maximum Gasteiger partial charge on any atom is 0.110 e. The Kier molecular flexibility index (Phi) is 7.83. The van der Waals surface area contributed by atoms with Crippen LogP contribution in [0.4, 0.5) is 0 Å². The van der Waals surface area contributed by atoms with E-state index in [1.807, 2.05) is 48.5 Å². The second-order valence-corrected chi connectivity index (χ2v) is 10.6. The molecule has 0 aliphatic heterocycles. The van der Waals surface area contributed by atoms with Gasteiger partial charge in [0.2, 0.25) is 0 Å². The minimum atomic E-state index is -0.260. The Labute approximate surface area is 216 Å². The predicted octanol–water partition coefficient (Wildman–Crippen LogP) is 9.63. The zero-order valence-corrected chi connectivity index (χ0v) is 22.7. The van der Waals surface area contributed by atoms with Gasteiger partial charge in [0.25, 0.3) is 0 Å². The minimum Gasteiger partial charge on any atom is -0.356 e. The van der Waals surface area contributed by atoms with Crippen molar-refractivity contribution >= 4 is 63.7 Å². The van der Waals surface area contributed by atoms with Crippen molar-refractivity contribution in [1.29, 1.82) is 0 Å². The summed E-state index contributed by atoms with van der Waals surface area (Å²) in [6.45, 7) is 0. The molecule has 0 aliphatic rings. The van der Waals surface area contributed by atoms with Crippen molar-refractivity contribution in [1.82, 2.24) is 0 Å². The molecule has 2 atom stereocenters. The van der Waals surface area contributed by atoms with Gasteiger partial charge < -0.3 is 4.74 Å². The highest BCUT2D eigenvalue weighted by Crippen LogP contribution is 2.41. The van der Waals surface area contributed by atoms with Crippen molar-refractivity contribution in [3.05, 3.63) is 137 Å². The van der Waals surface area contributed by atoms with Crippen molar-refractivity contribution in [2.45, 2.75) is 12.2 Å². The van der Waals surface area contributed by atoms with E-state index in [0.29, 0.717) is 0 Å². The summed E-state index contributed by atoms with van der Waals surface area (Å²) in [7, 11) is 0. The van der Waals surface area contributed by atoms with Gasteiger partial charge in [0.1, 0.15) is 12.2 Å². The van der Waals surface area contributed by atoms with E-state index in [1.54, 1.807) is 0 Å². The zero-order valence-electron chi connectivity index (χ0n) is 16.3. The third-order valence-corrected chi connectivity index (χ3v) is 7.33. The number of rotatable bonds is 6. The van der Waals surface area contributed by atoms with Crippen LogP contribution in [0.3, 0.4) is 0 Å². The first-order valence-electron chi connectivity index (χ1n) is 9.68. The molecule has 5 heteroatoms. The standard InChI is InChI=1S/C26H18Br4O/c27-19-11-13-21(23(29)15-19)25(17-7-3-1-4-8-17)31-26(18-9-5-2-6-10-18)22-14-12-20(28)16-24(22)30/h1-16,25-26H. The molecule has 0 heterocycles. The predicted molar refractivity (Wildman–Crippen MR) is 141 cm³/mol. The summed E-state index contributed by atoms with van der Waals surface area (Å²) < 4.78 is 11.0. The van der Waals surface area contributed by atoms with Crippen molar-refractivity contribution < 1.29 is 4.74 Å². The summed E-state index contributed by atoms with van der Waals surface area (Å²) in [6.07, 6.45) is -0.520. The molecule has 156 valence electrons. The van der Waals surface area contributed by atoms with E-state index >= 15 is 0 Å². The fourth-order valence-corrected chi connectivity index (χ4v) is 5.99. The molecule has 1 nitrogen and oxygen atoms in total. The van der Waals surface area contributed by atoms with Gasteiger partial charge in [-0.25, -0.2) is 0 Å². The Balaban J connectivity index is 1.84. The summed E-state index contributed by atoms with van der Waals surface area (Å²) in [5, 5.41) is 0. The number of ether oxygens (including phenoxy) is 1. The number of benzene rings is 4. The first kappa shape index (κ1) is 22.9. The molecule has 0 aromatic heterocycles. The van der Waals surface area contributed by atoms with E-state index in [1.165, 1.54) is 0 Å². The number of hydrogen-bond donors (Lipinski definition) is 0. The summed E-state index contributed by atoms with van der Waals surface area (Å²) in [4.78, 5) is 0. The average molecular weight is 666 g/mol. The van der Waals surface area contributed by atoms with Gasteiger partial charge in [-0.05, 0) is 46.5 Å². The first-order chi connectivity index (χ1) is 15.0. The molecular formula is C26H18Br4O. The fraction of sp³-hybridized carbons (Fsp3) is 0.0769. The molecule has 0 aliphatic carbocycles. The van der Waals surface area contributed by atoms with E-state index < -0.39 is 0 Å². The second kappa shape index (κ2) is 10.6.